The van der Waals surface area contributed by atoms with E-state index in [-0.39, 0.29) is 18.2 Å². The van der Waals surface area contributed by atoms with E-state index in [4.69, 9.17) is 5.26 Å². The number of aryl methyl sites for hydroxylation is 1. The largest absolute Gasteiger partial charge is 0.326 e. The van der Waals surface area contributed by atoms with Crippen LogP contribution in [-0.2, 0) is 4.79 Å². The van der Waals surface area contributed by atoms with E-state index >= 15 is 0 Å². The van der Waals surface area contributed by atoms with Crippen molar-refractivity contribution < 1.29 is 4.79 Å². The highest BCUT2D eigenvalue weighted by Gasteiger charge is 2.07. The van der Waals surface area contributed by atoms with Crippen LogP contribution in [0.25, 0.3) is 0 Å². The van der Waals surface area contributed by atoms with Gasteiger partial charge < -0.3 is 5.32 Å². The molecule has 1 rings (SSSR count). The predicted octanol–water partition coefficient (Wildman–Crippen LogP) is 2.48. The van der Waals surface area contributed by atoms with Gasteiger partial charge in [0, 0.05) is 12.1 Å². The summed E-state index contributed by atoms with van der Waals surface area (Å²) in [6.07, 6.45) is 0.241. The molecule has 0 saturated carbocycles. The van der Waals surface area contributed by atoms with E-state index in [1.54, 1.807) is 6.92 Å². The molecule has 78 valence electrons. The van der Waals surface area contributed by atoms with E-state index in [0.717, 1.165) is 11.3 Å². The minimum Gasteiger partial charge on any atom is -0.326 e. The zero-order valence-corrected chi connectivity index (χ0v) is 8.95. The van der Waals surface area contributed by atoms with Crippen LogP contribution in [0.3, 0.4) is 0 Å². The second-order valence-electron chi connectivity index (χ2n) is 3.65. The first-order valence-corrected chi connectivity index (χ1v) is 4.88. The predicted molar refractivity (Wildman–Crippen MR) is 59.2 cm³/mol. The average molecular weight is 202 g/mol. The minimum absolute atomic E-state index is 0.116. The Morgan fingerprint density at radius 1 is 1.60 bits per heavy atom. The fourth-order valence-electron chi connectivity index (χ4n) is 1.26. The van der Waals surface area contributed by atoms with Crippen molar-refractivity contribution in [3.8, 4) is 6.07 Å². The number of nitrogens with one attached hydrogen (secondary N) is 1. The van der Waals surface area contributed by atoms with Crippen molar-refractivity contribution in [1.29, 1.82) is 5.26 Å². The van der Waals surface area contributed by atoms with Crippen LogP contribution in [-0.4, -0.2) is 5.91 Å². The number of anilines is 1. The third-order valence-corrected chi connectivity index (χ3v) is 2.01. The number of carbonyl (C=O) groups excluding carboxylic acids is 1. The highest BCUT2D eigenvalue weighted by atomic mass is 16.1. The van der Waals surface area contributed by atoms with E-state index in [9.17, 15) is 4.79 Å². The molecule has 1 N–H and O–H groups in total. The quantitative estimate of drug-likeness (QED) is 0.818. The molecule has 1 aromatic rings. The molecule has 0 aliphatic heterocycles. The zero-order chi connectivity index (χ0) is 11.3. The Hall–Kier alpha value is -1.82. The van der Waals surface area contributed by atoms with Gasteiger partial charge in [0.05, 0.1) is 12.0 Å². The van der Waals surface area contributed by atoms with Gasteiger partial charge in [-0.25, -0.2) is 0 Å². The lowest BCUT2D eigenvalue weighted by Crippen LogP contribution is -2.14. The Bertz CT molecular complexity index is 393. The first-order chi connectivity index (χ1) is 7.11. The van der Waals surface area contributed by atoms with Crippen LogP contribution in [0.5, 0.6) is 0 Å². The van der Waals surface area contributed by atoms with Crippen molar-refractivity contribution >= 4 is 11.6 Å². The molecule has 1 aromatic carbocycles. The van der Waals surface area contributed by atoms with Gasteiger partial charge in [0.2, 0.25) is 5.91 Å². The van der Waals surface area contributed by atoms with Crippen molar-refractivity contribution in [1.82, 2.24) is 0 Å². The Balaban J connectivity index is 2.56. The summed E-state index contributed by atoms with van der Waals surface area (Å²) in [6.45, 7) is 3.70. The maximum Gasteiger partial charge on any atom is 0.225 e. The molecule has 0 bridgehead atoms. The third-order valence-electron chi connectivity index (χ3n) is 2.01. The summed E-state index contributed by atoms with van der Waals surface area (Å²) < 4.78 is 0. The normalized spacial score (nSPS) is 11.5. The molecular formula is C12H14N2O. The van der Waals surface area contributed by atoms with E-state index < -0.39 is 0 Å². The topological polar surface area (TPSA) is 52.9 Å². The average Bonchev–Trinajstić information content (AvgIpc) is 2.17. The zero-order valence-electron chi connectivity index (χ0n) is 8.95. The fraction of sp³-hybridized carbons (Fsp3) is 0.333. The van der Waals surface area contributed by atoms with Gasteiger partial charge in [0.25, 0.3) is 0 Å². The molecule has 0 spiro atoms. The standard InChI is InChI=1S/C12H14N2O/c1-9-4-3-5-11(6-9)14-12(15)7-10(2)8-13/h3-6,10H,7H2,1-2H3,(H,14,15). The molecule has 0 aliphatic carbocycles. The lowest BCUT2D eigenvalue weighted by atomic mass is 10.1. The molecule has 0 aromatic heterocycles. The Morgan fingerprint density at radius 2 is 2.33 bits per heavy atom. The number of hydrogen-bond donors (Lipinski definition) is 1. The minimum atomic E-state index is -0.241. The smallest absolute Gasteiger partial charge is 0.225 e. The second kappa shape index (κ2) is 5.16. The number of nitrogens with zero attached hydrogens (tertiary/aromatic N) is 1. The van der Waals surface area contributed by atoms with Crippen LogP contribution in [0.1, 0.15) is 18.9 Å². The van der Waals surface area contributed by atoms with Crippen LogP contribution in [0.4, 0.5) is 5.69 Å². The molecule has 1 amide bonds. The Kier molecular flexibility index (Phi) is 3.87. The number of hydrogen-bond acceptors (Lipinski definition) is 2. The van der Waals surface area contributed by atoms with E-state index in [2.05, 4.69) is 5.32 Å². The highest BCUT2D eigenvalue weighted by molar-refractivity contribution is 5.91. The number of nitriles is 1. The molecule has 0 aliphatic rings. The number of rotatable bonds is 3. The molecule has 1 unspecified atom stereocenters. The third kappa shape index (κ3) is 3.82. The Morgan fingerprint density at radius 3 is 2.93 bits per heavy atom. The molecule has 0 saturated heterocycles. The number of benzene rings is 1. The molecule has 0 radical (unpaired) electrons. The van der Waals surface area contributed by atoms with Gasteiger partial charge in [-0.3, -0.25) is 4.79 Å². The van der Waals surface area contributed by atoms with Gasteiger partial charge in [-0.2, -0.15) is 5.26 Å². The molecule has 1 atom stereocenters. The lowest BCUT2D eigenvalue weighted by Gasteiger charge is -2.06. The highest BCUT2D eigenvalue weighted by Crippen LogP contribution is 2.11. The van der Waals surface area contributed by atoms with Crippen molar-refractivity contribution in [3.63, 3.8) is 0 Å². The lowest BCUT2D eigenvalue weighted by molar-refractivity contribution is -0.116. The van der Waals surface area contributed by atoms with Gasteiger partial charge in [-0.1, -0.05) is 12.1 Å². The van der Waals surface area contributed by atoms with Crippen LogP contribution in [0.15, 0.2) is 24.3 Å². The summed E-state index contributed by atoms with van der Waals surface area (Å²) in [5.74, 6) is -0.357. The molecular weight excluding hydrogens is 188 g/mol. The fourth-order valence-corrected chi connectivity index (χ4v) is 1.26. The summed E-state index contributed by atoms with van der Waals surface area (Å²) in [7, 11) is 0. The first kappa shape index (κ1) is 11.3. The summed E-state index contributed by atoms with van der Waals surface area (Å²) in [4.78, 5) is 11.4. The molecule has 0 fully saturated rings. The SMILES string of the molecule is Cc1cccc(NC(=O)CC(C)C#N)c1. The first-order valence-electron chi connectivity index (χ1n) is 4.88. The van der Waals surface area contributed by atoms with E-state index in [1.807, 2.05) is 37.3 Å². The number of amides is 1. The van der Waals surface area contributed by atoms with Crippen LogP contribution in [0.2, 0.25) is 0 Å². The molecule has 3 heteroatoms. The van der Waals surface area contributed by atoms with Crippen molar-refractivity contribution in [2.45, 2.75) is 20.3 Å². The molecule has 15 heavy (non-hydrogen) atoms. The second-order valence-corrected chi connectivity index (χ2v) is 3.65. The summed E-state index contributed by atoms with van der Waals surface area (Å²) >= 11 is 0. The van der Waals surface area contributed by atoms with Crippen LogP contribution >= 0.6 is 0 Å². The molecule has 0 heterocycles. The van der Waals surface area contributed by atoms with Crippen molar-refractivity contribution in [2.75, 3.05) is 5.32 Å². The molecule has 3 nitrogen and oxygen atoms in total. The van der Waals surface area contributed by atoms with Gasteiger partial charge >= 0.3 is 0 Å². The van der Waals surface area contributed by atoms with Gasteiger partial charge in [0.1, 0.15) is 0 Å². The van der Waals surface area contributed by atoms with E-state index in [1.165, 1.54) is 0 Å². The number of carbonyl (C=O) groups is 1. The van der Waals surface area contributed by atoms with Gasteiger partial charge in [-0.15, -0.1) is 0 Å². The van der Waals surface area contributed by atoms with Crippen LogP contribution in [0, 0.1) is 24.2 Å². The summed E-state index contributed by atoms with van der Waals surface area (Å²) in [6, 6.07) is 9.62. The summed E-state index contributed by atoms with van der Waals surface area (Å²) in [5.41, 5.74) is 1.88. The Labute approximate surface area is 89.7 Å². The maximum absolute atomic E-state index is 11.4. The van der Waals surface area contributed by atoms with Gasteiger partial charge in [-0.05, 0) is 31.5 Å². The van der Waals surface area contributed by atoms with Crippen molar-refractivity contribution in [2.24, 2.45) is 5.92 Å². The van der Waals surface area contributed by atoms with Crippen LogP contribution < -0.4 is 5.32 Å². The van der Waals surface area contributed by atoms with Crippen molar-refractivity contribution in [3.05, 3.63) is 29.8 Å². The van der Waals surface area contributed by atoms with Gasteiger partial charge in [0.15, 0.2) is 0 Å². The monoisotopic (exact) mass is 202 g/mol. The summed E-state index contributed by atoms with van der Waals surface area (Å²) in [5, 5.41) is 11.3. The maximum atomic E-state index is 11.4. The van der Waals surface area contributed by atoms with E-state index in [0.29, 0.717) is 0 Å².